The van der Waals surface area contributed by atoms with Crippen LogP contribution in [-0.2, 0) is 38.7 Å². The highest BCUT2D eigenvalue weighted by molar-refractivity contribution is 7.93. The van der Waals surface area contributed by atoms with Crippen molar-refractivity contribution in [2.75, 3.05) is 48.6 Å². The summed E-state index contributed by atoms with van der Waals surface area (Å²) in [5.41, 5.74) is 2.48. The average molecular weight is 791 g/mol. The highest BCUT2D eigenvalue weighted by Gasteiger charge is 2.44. The van der Waals surface area contributed by atoms with Gasteiger partial charge >= 0.3 is 0 Å². The van der Waals surface area contributed by atoms with Crippen molar-refractivity contribution >= 4 is 74.6 Å². The van der Waals surface area contributed by atoms with Gasteiger partial charge in [0.2, 0.25) is 11.8 Å². The molecule has 12 nitrogen and oxygen atoms in total. The lowest BCUT2D eigenvalue weighted by Crippen LogP contribution is -2.47. The van der Waals surface area contributed by atoms with Crippen LogP contribution < -0.4 is 10.6 Å². The number of nitrogens with one attached hydrogen (secondary N) is 2. The Labute approximate surface area is 313 Å². The minimum absolute atomic E-state index is 0.00388. The Morgan fingerprint density at radius 3 is 1.71 bits per heavy atom. The van der Waals surface area contributed by atoms with E-state index in [1.807, 2.05) is 60.0 Å². The van der Waals surface area contributed by atoms with E-state index < -0.39 is 41.0 Å². The molecule has 4 aromatic rings. The zero-order valence-electron chi connectivity index (χ0n) is 29.8. The third-order valence-electron chi connectivity index (χ3n) is 9.55. The van der Waals surface area contributed by atoms with Crippen LogP contribution in [0.1, 0.15) is 53.4 Å². The number of rotatable bonds is 11. The Bertz CT molecular complexity index is 2020. The fraction of sp³-hybridized carbons (Fsp3) is 0.500. The number of amides is 2. The molecular weight excluding hydrogens is 745 g/mol. The number of benzene rings is 2. The highest BCUT2D eigenvalue weighted by Crippen LogP contribution is 2.31. The van der Waals surface area contributed by atoms with Crippen molar-refractivity contribution in [1.29, 1.82) is 0 Å². The Hall–Kier alpha value is -3.28. The van der Waals surface area contributed by atoms with E-state index >= 15 is 0 Å². The van der Waals surface area contributed by atoms with Gasteiger partial charge in [-0.1, -0.05) is 53.8 Å². The average Bonchev–Trinajstić information content (AvgIpc) is 3.76. The van der Waals surface area contributed by atoms with E-state index in [1.54, 1.807) is 0 Å². The van der Waals surface area contributed by atoms with Gasteiger partial charge in [-0.15, -0.1) is 11.3 Å². The van der Waals surface area contributed by atoms with Crippen molar-refractivity contribution in [3.63, 3.8) is 0 Å². The fourth-order valence-corrected chi connectivity index (χ4v) is 10.6. The minimum Gasteiger partial charge on any atom is -0.381 e. The number of ether oxygens (including phenoxy) is 2. The lowest BCUT2D eigenvalue weighted by Gasteiger charge is -2.28. The molecule has 2 aliphatic heterocycles. The Morgan fingerprint density at radius 1 is 0.712 bits per heavy atom. The van der Waals surface area contributed by atoms with E-state index in [0.29, 0.717) is 49.5 Å². The van der Waals surface area contributed by atoms with Crippen molar-refractivity contribution in [1.82, 2.24) is 9.97 Å². The Kier molecular flexibility index (Phi) is 12.9. The molecule has 0 radical (unpaired) electrons. The molecule has 0 aliphatic carbocycles. The van der Waals surface area contributed by atoms with Gasteiger partial charge in [0.25, 0.3) is 0 Å². The van der Waals surface area contributed by atoms with Gasteiger partial charge in [0.1, 0.15) is 9.49 Å². The number of fused-ring (bicyclic) bond motifs is 1. The monoisotopic (exact) mass is 790 g/mol. The maximum atomic E-state index is 12.9. The third-order valence-corrected chi connectivity index (χ3v) is 16.6. The van der Waals surface area contributed by atoms with Crippen molar-refractivity contribution < 1.29 is 35.9 Å². The first-order chi connectivity index (χ1) is 24.6. The first-order valence-corrected chi connectivity index (χ1v) is 22.2. The normalized spacial score (nSPS) is 16.5. The van der Waals surface area contributed by atoms with Gasteiger partial charge in [0.05, 0.1) is 27.4 Å². The Morgan fingerprint density at radius 2 is 1.19 bits per heavy atom. The molecule has 2 fully saturated rings. The third kappa shape index (κ3) is 9.63. The number of nitrogens with zero attached hydrogens (tertiary/aromatic N) is 2. The van der Waals surface area contributed by atoms with Crippen LogP contribution in [0, 0.1) is 11.8 Å². The number of aromatic nitrogens is 2. The van der Waals surface area contributed by atoms with Crippen LogP contribution in [0.3, 0.4) is 0 Å². The van der Waals surface area contributed by atoms with Crippen LogP contribution in [0.25, 0.3) is 21.5 Å². The van der Waals surface area contributed by atoms with E-state index in [4.69, 9.17) is 9.47 Å². The van der Waals surface area contributed by atoms with Crippen LogP contribution in [0.15, 0.2) is 60.0 Å². The van der Waals surface area contributed by atoms with Gasteiger partial charge in [0.15, 0.2) is 29.9 Å². The molecule has 2 saturated heterocycles. The maximum Gasteiger partial charge on any atom is 0.247 e. The molecule has 0 spiro atoms. The summed E-state index contributed by atoms with van der Waals surface area (Å²) in [5.74, 6) is -0.989. The highest BCUT2D eigenvalue weighted by atomic mass is 32.2. The second-order valence-electron chi connectivity index (χ2n) is 14.0. The summed E-state index contributed by atoms with van der Waals surface area (Å²) in [6.07, 6.45) is 2.86. The molecule has 4 heterocycles. The van der Waals surface area contributed by atoms with E-state index in [2.05, 4.69) is 20.6 Å². The fourth-order valence-electron chi connectivity index (χ4n) is 5.64. The summed E-state index contributed by atoms with van der Waals surface area (Å²) in [6.45, 7) is 8.17. The second-order valence-corrected chi connectivity index (χ2v) is 21.0. The first kappa shape index (κ1) is 39.9. The van der Waals surface area contributed by atoms with Crippen molar-refractivity contribution in [2.45, 2.75) is 62.9 Å². The van der Waals surface area contributed by atoms with Gasteiger partial charge in [-0.3, -0.25) is 9.59 Å². The largest absolute Gasteiger partial charge is 0.381 e. The van der Waals surface area contributed by atoms with Crippen molar-refractivity contribution in [3.05, 3.63) is 60.0 Å². The summed E-state index contributed by atoms with van der Waals surface area (Å²) >= 11 is 2.61. The number of carbonyl (C=O) groups excluding carboxylic acids is 2. The van der Waals surface area contributed by atoms with E-state index in [0.717, 1.165) is 34.3 Å². The SMILES string of the molecule is CC(C)(C(=O)Nc1nc(-c2ccccc2)cs1)S(=O)(=O)CC1CCOCC1.CC(C)(C(=O)Nc1nc2ccccc2s1)S(=O)(=O)CC1CCOCC1. The zero-order chi connectivity index (χ0) is 37.6. The van der Waals surface area contributed by atoms with Gasteiger partial charge in [0, 0.05) is 37.4 Å². The van der Waals surface area contributed by atoms with Gasteiger partial charge in [-0.25, -0.2) is 26.8 Å². The van der Waals surface area contributed by atoms with Crippen LogP contribution in [0.4, 0.5) is 10.3 Å². The number of thiazole rings is 2. The summed E-state index contributed by atoms with van der Waals surface area (Å²) in [6, 6.07) is 17.2. The van der Waals surface area contributed by atoms with Crippen LogP contribution in [0.2, 0.25) is 0 Å². The predicted octanol–water partition coefficient (Wildman–Crippen LogP) is 6.22. The molecule has 2 amide bonds. The molecule has 2 N–H and O–H groups in total. The van der Waals surface area contributed by atoms with E-state index in [-0.39, 0.29) is 23.3 Å². The summed E-state index contributed by atoms with van der Waals surface area (Å²) in [5, 5.41) is 8.02. The number of para-hydroxylation sites is 1. The van der Waals surface area contributed by atoms with Crippen LogP contribution >= 0.6 is 22.7 Å². The summed E-state index contributed by atoms with van der Waals surface area (Å²) in [4.78, 5) is 34.1. The molecule has 16 heteroatoms. The molecule has 52 heavy (non-hydrogen) atoms. The molecule has 2 aliphatic rings. The molecule has 0 atom stereocenters. The number of sulfone groups is 2. The molecule has 282 valence electrons. The zero-order valence-corrected chi connectivity index (χ0v) is 33.1. The van der Waals surface area contributed by atoms with E-state index in [1.165, 1.54) is 50.4 Å². The van der Waals surface area contributed by atoms with Gasteiger partial charge < -0.3 is 20.1 Å². The number of hydrogen-bond donors (Lipinski definition) is 2. The van der Waals surface area contributed by atoms with Gasteiger partial charge in [-0.05, 0) is 77.3 Å². The molecule has 0 bridgehead atoms. The Balaban J connectivity index is 0.000000202. The standard InChI is InChI=1S/C19H24N2O4S2.C17H22N2O4S2/c1-19(2,27(23,24)13-14-8-10-25-11-9-14)17(22)21-18-20-16(12-26-18)15-6-4-3-5-7-15;1-17(2,25(21,22)11-12-7-9-23-10-8-12)15(20)19-16-18-13-5-3-4-6-14(13)24-16/h3-7,12,14H,8-11,13H2,1-2H3,(H,20,21,22);3-6,12H,7-11H2,1-2H3,(H,18,19,20). The molecule has 0 saturated carbocycles. The maximum absolute atomic E-state index is 12.9. The quantitative estimate of drug-likeness (QED) is 0.178. The second kappa shape index (κ2) is 16.8. The van der Waals surface area contributed by atoms with E-state index in [9.17, 15) is 26.4 Å². The molecule has 2 aromatic carbocycles. The number of hydrogen-bond acceptors (Lipinski definition) is 12. The predicted molar refractivity (Wildman–Crippen MR) is 207 cm³/mol. The molecular formula is C36H46N4O8S4. The van der Waals surface area contributed by atoms with Gasteiger partial charge in [-0.2, -0.15) is 0 Å². The van der Waals surface area contributed by atoms with Crippen LogP contribution in [0.5, 0.6) is 0 Å². The first-order valence-electron chi connectivity index (χ1n) is 17.2. The number of anilines is 2. The van der Waals surface area contributed by atoms with Crippen molar-refractivity contribution in [3.8, 4) is 11.3 Å². The summed E-state index contributed by atoms with van der Waals surface area (Å²) < 4.78 is 59.8. The molecule has 2 aromatic heterocycles. The minimum atomic E-state index is -3.61. The molecule has 0 unspecified atom stereocenters. The number of carbonyl (C=O) groups is 2. The smallest absolute Gasteiger partial charge is 0.247 e. The summed E-state index contributed by atoms with van der Waals surface area (Å²) in [7, 11) is -7.21. The van der Waals surface area contributed by atoms with Crippen LogP contribution in [-0.4, -0.2) is 86.0 Å². The lowest BCUT2D eigenvalue weighted by molar-refractivity contribution is -0.118. The topological polar surface area (TPSA) is 171 Å². The molecule has 6 rings (SSSR count). The van der Waals surface area contributed by atoms with Crippen molar-refractivity contribution in [2.24, 2.45) is 11.8 Å². The lowest BCUT2D eigenvalue weighted by atomic mass is 10.0.